The van der Waals surface area contributed by atoms with Gasteiger partial charge < -0.3 is 0 Å². The topological polar surface area (TPSA) is 71.5 Å². The van der Waals surface area contributed by atoms with E-state index in [1.807, 2.05) is 30.3 Å². The molecule has 3 rings (SSSR count). The lowest BCUT2D eigenvalue weighted by Crippen LogP contribution is -2.01. The standard InChI is InChI=1S/C12H8N4O/c17-12-11-10(14-16-12)7-6-9(13-15-11)8-4-2-1-3-5-8/h1-7H,(H,16,17). The summed E-state index contributed by atoms with van der Waals surface area (Å²) in [6.45, 7) is 0. The molecule has 0 aromatic heterocycles. The third-order valence-electron chi connectivity index (χ3n) is 2.46. The highest BCUT2D eigenvalue weighted by molar-refractivity contribution is 5.61. The first-order valence-electron chi connectivity index (χ1n) is 5.12. The van der Waals surface area contributed by atoms with Crippen molar-refractivity contribution in [3.05, 3.63) is 52.8 Å². The zero-order valence-corrected chi connectivity index (χ0v) is 8.79. The van der Waals surface area contributed by atoms with Crippen molar-refractivity contribution >= 4 is 0 Å². The van der Waals surface area contributed by atoms with Gasteiger partial charge in [0.1, 0.15) is 5.69 Å². The van der Waals surface area contributed by atoms with E-state index in [4.69, 9.17) is 0 Å². The monoisotopic (exact) mass is 224 g/mol. The van der Waals surface area contributed by atoms with Crippen LogP contribution in [0.3, 0.4) is 0 Å². The van der Waals surface area contributed by atoms with Gasteiger partial charge in [-0.15, -0.1) is 10.2 Å². The molecule has 0 spiro atoms. The SMILES string of the molecule is O=c1[nH]nc2ccc(-c3ccccc3)nnc1-2. The molecule has 5 heteroatoms. The molecular weight excluding hydrogens is 216 g/mol. The van der Waals surface area contributed by atoms with Crippen LogP contribution < -0.4 is 5.56 Å². The van der Waals surface area contributed by atoms with Crippen molar-refractivity contribution in [3.8, 4) is 22.6 Å². The Morgan fingerprint density at radius 1 is 0.882 bits per heavy atom. The summed E-state index contributed by atoms with van der Waals surface area (Å²) >= 11 is 0. The number of rotatable bonds is 1. The molecule has 0 unspecified atom stereocenters. The van der Waals surface area contributed by atoms with E-state index in [1.54, 1.807) is 12.1 Å². The number of aromatic nitrogens is 4. The van der Waals surface area contributed by atoms with E-state index >= 15 is 0 Å². The number of benzene rings is 1. The smallest absolute Gasteiger partial charge is 0.265 e. The molecule has 1 aromatic rings. The Balaban J connectivity index is 2.20. The maximum atomic E-state index is 11.3. The number of nitrogens with one attached hydrogen (secondary N) is 1. The lowest BCUT2D eigenvalue weighted by Gasteiger charge is -1.93. The number of fused-ring (bicyclic) bond motifs is 1. The van der Waals surface area contributed by atoms with E-state index in [-0.39, 0.29) is 11.3 Å². The van der Waals surface area contributed by atoms with Gasteiger partial charge in [-0.1, -0.05) is 30.3 Å². The molecule has 0 bridgehead atoms. The highest BCUT2D eigenvalue weighted by atomic mass is 16.1. The van der Waals surface area contributed by atoms with Gasteiger partial charge >= 0.3 is 0 Å². The third-order valence-corrected chi connectivity index (χ3v) is 2.46. The lowest BCUT2D eigenvalue weighted by molar-refractivity contribution is 1.05. The summed E-state index contributed by atoms with van der Waals surface area (Å²) in [7, 11) is 0. The Kier molecular flexibility index (Phi) is 2.15. The average Bonchev–Trinajstić information content (AvgIpc) is 2.62. The van der Waals surface area contributed by atoms with Crippen LogP contribution in [0.2, 0.25) is 0 Å². The van der Waals surface area contributed by atoms with Gasteiger partial charge in [0.25, 0.3) is 5.56 Å². The Bertz CT molecular complexity index is 678. The summed E-state index contributed by atoms with van der Waals surface area (Å²) in [4.78, 5) is 11.3. The van der Waals surface area contributed by atoms with E-state index in [0.29, 0.717) is 11.4 Å². The number of hydrogen-bond acceptors (Lipinski definition) is 4. The summed E-state index contributed by atoms with van der Waals surface area (Å²) in [5.41, 5.74) is 2.12. The third kappa shape index (κ3) is 1.67. The van der Waals surface area contributed by atoms with Crippen molar-refractivity contribution in [2.24, 2.45) is 0 Å². The van der Waals surface area contributed by atoms with Crippen molar-refractivity contribution in [1.82, 2.24) is 20.4 Å². The zero-order chi connectivity index (χ0) is 11.7. The van der Waals surface area contributed by atoms with Crippen molar-refractivity contribution in [3.63, 3.8) is 0 Å². The van der Waals surface area contributed by atoms with Crippen molar-refractivity contribution in [2.75, 3.05) is 0 Å². The van der Waals surface area contributed by atoms with Gasteiger partial charge in [-0.2, -0.15) is 5.10 Å². The van der Waals surface area contributed by atoms with Crippen LogP contribution in [0.5, 0.6) is 0 Å². The van der Waals surface area contributed by atoms with E-state index in [2.05, 4.69) is 20.4 Å². The van der Waals surface area contributed by atoms with E-state index < -0.39 is 0 Å². The van der Waals surface area contributed by atoms with Crippen LogP contribution in [-0.2, 0) is 0 Å². The molecule has 2 aliphatic heterocycles. The fourth-order valence-corrected chi connectivity index (χ4v) is 1.60. The van der Waals surface area contributed by atoms with Crippen LogP contribution in [0.1, 0.15) is 0 Å². The number of H-pyrrole nitrogens is 1. The van der Waals surface area contributed by atoms with Gasteiger partial charge in [-0.25, -0.2) is 5.10 Å². The van der Waals surface area contributed by atoms with Gasteiger partial charge in [0.05, 0.1) is 5.69 Å². The van der Waals surface area contributed by atoms with Crippen molar-refractivity contribution in [1.29, 1.82) is 0 Å². The molecule has 5 nitrogen and oxygen atoms in total. The molecule has 17 heavy (non-hydrogen) atoms. The first kappa shape index (κ1) is 9.65. The molecule has 0 atom stereocenters. The van der Waals surface area contributed by atoms with E-state index in [0.717, 1.165) is 5.56 Å². The zero-order valence-electron chi connectivity index (χ0n) is 8.79. The van der Waals surface area contributed by atoms with Crippen LogP contribution in [0, 0.1) is 0 Å². The predicted molar refractivity (Wildman–Crippen MR) is 62.5 cm³/mol. The molecule has 82 valence electrons. The summed E-state index contributed by atoms with van der Waals surface area (Å²) in [6, 6.07) is 13.2. The second-order valence-electron chi connectivity index (χ2n) is 3.57. The molecule has 0 saturated heterocycles. The highest BCUT2D eigenvalue weighted by Gasteiger charge is 2.10. The van der Waals surface area contributed by atoms with E-state index in [1.165, 1.54) is 0 Å². The molecule has 1 aromatic carbocycles. The highest BCUT2D eigenvalue weighted by Crippen LogP contribution is 2.16. The molecule has 0 radical (unpaired) electrons. The molecule has 2 aliphatic rings. The summed E-state index contributed by atoms with van der Waals surface area (Å²) < 4.78 is 0. The number of nitrogens with zero attached hydrogens (tertiary/aromatic N) is 3. The van der Waals surface area contributed by atoms with Crippen LogP contribution in [0.4, 0.5) is 0 Å². The summed E-state index contributed by atoms with van der Waals surface area (Å²) in [6.07, 6.45) is 0. The maximum Gasteiger partial charge on any atom is 0.294 e. The average molecular weight is 224 g/mol. The Morgan fingerprint density at radius 2 is 1.65 bits per heavy atom. The molecule has 0 fully saturated rings. The summed E-state index contributed by atoms with van der Waals surface area (Å²) in [5, 5.41) is 14.2. The normalized spacial score (nSPS) is 10.6. The first-order chi connectivity index (χ1) is 8.34. The molecule has 0 aliphatic carbocycles. The molecule has 0 saturated carbocycles. The van der Waals surface area contributed by atoms with Crippen LogP contribution in [-0.4, -0.2) is 20.4 Å². The minimum Gasteiger partial charge on any atom is -0.265 e. The minimum absolute atomic E-state index is 0.257. The fourth-order valence-electron chi connectivity index (χ4n) is 1.60. The van der Waals surface area contributed by atoms with Crippen LogP contribution >= 0.6 is 0 Å². The summed E-state index contributed by atoms with van der Waals surface area (Å²) in [5.74, 6) is 0. The fraction of sp³-hybridized carbons (Fsp3) is 0. The van der Waals surface area contributed by atoms with Gasteiger partial charge in [0, 0.05) is 5.56 Å². The van der Waals surface area contributed by atoms with Gasteiger partial charge in [-0.3, -0.25) is 4.79 Å². The van der Waals surface area contributed by atoms with Gasteiger partial charge in [0.15, 0.2) is 5.69 Å². The Labute approximate surface area is 96.5 Å². The Hall–Kier alpha value is -2.56. The molecule has 0 amide bonds. The predicted octanol–water partition coefficient (Wildman–Crippen LogP) is 1.33. The van der Waals surface area contributed by atoms with E-state index in [9.17, 15) is 4.79 Å². The maximum absolute atomic E-state index is 11.3. The quantitative estimate of drug-likeness (QED) is 0.676. The second kappa shape index (κ2) is 3.79. The largest absolute Gasteiger partial charge is 0.294 e. The molecule has 1 N–H and O–H groups in total. The van der Waals surface area contributed by atoms with Gasteiger partial charge in [-0.05, 0) is 12.1 Å². The van der Waals surface area contributed by atoms with Crippen LogP contribution in [0.15, 0.2) is 47.3 Å². The Morgan fingerprint density at radius 3 is 2.47 bits per heavy atom. The lowest BCUT2D eigenvalue weighted by atomic mass is 10.1. The minimum atomic E-state index is -0.317. The van der Waals surface area contributed by atoms with Crippen molar-refractivity contribution < 1.29 is 0 Å². The number of hydrogen-bond donors (Lipinski definition) is 1. The number of aromatic amines is 1. The molecule has 2 heterocycles. The van der Waals surface area contributed by atoms with Crippen molar-refractivity contribution in [2.45, 2.75) is 0 Å². The van der Waals surface area contributed by atoms with Crippen LogP contribution in [0.25, 0.3) is 22.6 Å². The molecular formula is C12H8N4O. The van der Waals surface area contributed by atoms with Gasteiger partial charge in [0.2, 0.25) is 0 Å². The first-order valence-corrected chi connectivity index (χ1v) is 5.12. The second-order valence-corrected chi connectivity index (χ2v) is 3.57.